The second-order valence-corrected chi connectivity index (χ2v) is 4.68. The van der Waals surface area contributed by atoms with Gasteiger partial charge in [-0.25, -0.2) is 4.98 Å². The first-order valence-electron chi connectivity index (χ1n) is 5.45. The van der Waals surface area contributed by atoms with Crippen LogP contribution in [0.15, 0.2) is 28.2 Å². The van der Waals surface area contributed by atoms with E-state index in [-0.39, 0.29) is 17.0 Å². The molecule has 0 atom stereocenters. The van der Waals surface area contributed by atoms with E-state index in [2.05, 4.69) is 9.97 Å². The number of H-pyrrole nitrogens is 1. The number of aromatic nitrogens is 2. The Morgan fingerprint density at radius 2 is 2.21 bits per heavy atom. The van der Waals surface area contributed by atoms with Gasteiger partial charge in [-0.1, -0.05) is 23.9 Å². The molecule has 0 unspecified atom stereocenters. The van der Waals surface area contributed by atoms with E-state index in [9.17, 15) is 9.90 Å². The van der Waals surface area contributed by atoms with Crippen LogP contribution >= 0.6 is 11.8 Å². The smallest absolute Gasteiger partial charge is 0.270 e. The Hall–Kier alpha value is -2.26. The molecule has 2 aromatic rings. The van der Waals surface area contributed by atoms with Crippen LogP contribution in [-0.4, -0.2) is 21.3 Å². The minimum Gasteiger partial charge on any atom is -0.507 e. The van der Waals surface area contributed by atoms with Gasteiger partial charge in [-0.2, -0.15) is 5.26 Å². The highest BCUT2D eigenvalue weighted by molar-refractivity contribution is 7.98. The zero-order valence-electron chi connectivity index (χ0n) is 10.4. The molecule has 0 aliphatic heterocycles. The summed E-state index contributed by atoms with van der Waals surface area (Å²) in [7, 11) is 0. The van der Waals surface area contributed by atoms with Gasteiger partial charge < -0.3 is 10.1 Å². The van der Waals surface area contributed by atoms with Crippen molar-refractivity contribution in [1.29, 1.82) is 5.26 Å². The van der Waals surface area contributed by atoms with Crippen molar-refractivity contribution in [3.63, 3.8) is 0 Å². The average Bonchev–Trinajstić information content (AvgIpc) is 2.41. The molecule has 1 heterocycles. The van der Waals surface area contributed by atoms with Gasteiger partial charge in [-0.15, -0.1) is 0 Å². The van der Waals surface area contributed by atoms with Crippen LogP contribution in [0.1, 0.15) is 11.1 Å². The summed E-state index contributed by atoms with van der Waals surface area (Å²) < 4.78 is 0. The molecule has 0 fully saturated rings. The third kappa shape index (κ3) is 2.33. The molecule has 1 aromatic heterocycles. The summed E-state index contributed by atoms with van der Waals surface area (Å²) in [4.78, 5) is 18.5. The van der Waals surface area contributed by atoms with Crippen LogP contribution in [0.3, 0.4) is 0 Å². The number of benzene rings is 1. The zero-order valence-corrected chi connectivity index (χ0v) is 11.2. The summed E-state index contributed by atoms with van der Waals surface area (Å²) in [5.41, 5.74) is 0.653. The maximum absolute atomic E-state index is 11.8. The summed E-state index contributed by atoms with van der Waals surface area (Å²) in [6, 6.07) is 6.95. The lowest BCUT2D eigenvalue weighted by atomic mass is 10.0. The van der Waals surface area contributed by atoms with Crippen LogP contribution in [0.2, 0.25) is 0 Å². The first kappa shape index (κ1) is 13.2. The molecule has 0 radical (unpaired) electrons. The Balaban J connectivity index is 2.81. The molecule has 0 saturated heterocycles. The Kier molecular flexibility index (Phi) is 3.58. The fourth-order valence-electron chi connectivity index (χ4n) is 1.70. The van der Waals surface area contributed by atoms with E-state index in [0.717, 1.165) is 0 Å². The van der Waals surface area contributed by atoms with Crippen molar-refractivity contribution in [1.82, 2.24) is 9.97 Å². The maximum atomic E-state index is 11.8. The fourth-order valence-corrected chi connectivity index (χ4v) is 2.08. The molecule has 0 bridgehead atoms. The van der Waals surface area contributed by atoms with Gasteiger partial charge in [0.25, 0.3) is 5.56 Å². The predicted molar refractivity (Wildman–Crippen MR) is 73.2 cm³/mol. The van der Waals surface area contributed by atoms with Crippen molar-refractivity contribution in [2.75, 3.05) is 6.26 Å². The number of aromatic hydroxyl groups is 1. The van der Waals surface area contributed by atoms with E-state index < -0.39 is 5.56 Å². The Morgan fingerprint density at radius 3 is 2.84 bits per heavy atom. The van der Waals surface area contributed by atoms with Crippen molar-refractivity contribution in [2.24, 2.45) is 0 Å². The minimum absolute atomic E-state index is 0.0316. The van der Waals surface area contributed by atoms with Gasteiger partial charge in [0.05, 0.1) is 0 Å². The number of nitriles is 1. The number of hydrogen-bond acceptors (Lipinski definition) is 5. The largest absolute Gasteiger partial charge is 0.507 e. The molecule has 96 valence electrons. The van der Waals surface area contributed by atoms with Crippen LogP contribution in [-0.2, 0) is 0 Å². The van der Waals surface area contributed by atoms with Crippen molar-refractivity contribution >= 4 is 11.8 Å². The highest BCUT2D eigenvalue weighted by atomic mass is 32.2. The standard InChI is InChI=1S/C13H11N3O2S/c1-7-4-3-5-8(11(7)17)10-9(6-14)12(18)16-13(15-10)19-2/h3-5,17H,1-2H3,(H,15,16,18). The topological polar surface area (TPSA) is 89.8 Å². The van der Waals surface area contributed by atoms with E-state index in [1.54, 1.807) is 31.4 Å². The lowest BCUT2D eigenvalue weighted by Crippen LogP contribution is -2.14. The highest BCUT2D eigenvalue weighted by Crippen LogP contribution is 2.31. The number of aryl methyl sites for hydroxylation is 1. The van der Waals surface area contributed by atoms with E-state index in [0.29, 0.717) is 16.3 Å². The van der Waals surface area contributed by atoms with Gasteiger partial charge in [-0.3, -0.25) is 4.79 Å². The van der Waals surface area contributed by atoms with Gasteiger partial charge in [0.2, 0.25) is 0 Å². The molecule has 1 aromatic carbocycles. The number of phenols is 1. The molecular formula is C13H11N3O2S. The third-order valence-electron chi connectivity index (χ3n) is 2.70. The van der Waals surface area contributed by atoms with E-state index in [4.69, 9.17) is 5.26 Å². The summed E-state index contributed by atoms with van der Waals surface area (Å²) in [6.45, 7) is 1.74. The van der Waals surface area contributed by atoms with Gasteiger partial charge in [0.15, 0.2) is 5.16 Å². The summed E-state index contributed by atoms with van der Waals surface area (Å²) in [6.07, 6.45) is 1.77. The normalized spacial score (nSPS) is 10.2. The number of nitrogens with one attached hydrogen (secondary N) is 1. The SMILES string of the molecule is CSc1nc(-c2cccc(C)c2O)c(C#N)c(=O)[nH]1. The van der Waals surface area contributed by atoms with E-state index >= 15 is 0 Å². The number of thioether (sulfide) groups is 1. The Bertz CT molecular complexity index is 732. The summed E-state index contributed by atoms with van der Waals surface area (Å²) in [5, 5.41) is 19.5. The number of hydrogen-bond donors (Lipinski definition) is 2. The lowest BCUT2D eigenvalue weighted by molar-refractivity contribution is 0.473. The molecule has 0 aliphatic rings. The number of nitrogens with zero attached hydrogens (tertiary/aromatic N) is 2. The molecule has 0 saturated carbocycles. The summed E-state index contributed by atoms with van der Waals surface area (Å²) in [5.74, 6) is 0.0316. The summed E-state index contributed by atoms with van der Waals surface area (Å²) >= 11 is 1.26. The quantitative estimate of drug-likeness (QED) is 0.645. The van der Waals surface area contributed by atoms with E-state index in [1.165, 1.54) is 11.8 Å². The predicted octanol–water partition coefficient (Wildman–Crippen LogP) is 2.04. The molecule has 19 heavy (non-hydrogen) atoms. The van der Waals surface area contributed by atoms with Crippen molar-refractivity contribution in [3.05, 3.63) is 39.7 Å². The van der Waals surface area contributed by atoms with Crippen LogP contribution in [0.25, 0.3) is 11.3 Å². The molecule has 0 aliphatic carbocycles. The molecule has 0 spiro atoms. The molecule has 5 nitrogen and oxygen atoms in total. The molecule has 6 heteroatoms. The maximum Gasteiger partial charge on any atom is 0.270 e. The molecule has 2 N–H and O–H groups in total. The van der Waals surface area contributed by atoms with Gasteiger partial charge in [0, 0.05) is 5.56 Å². The fraction of sp³-hybridized carbons (Fsp3) is 0.154. The van der Waals surface area contributed by atoms with Crippen LogP contribution in [0, 0.1) is 18.3 Å². The second kappa shape index (κ2) is 5.16. The third-order valence-corrected chi connectivity index (χ3v) is 3.28. The lowest BCUT2D eigenvalue weighted by Gasteiger charge is -2.08. The first-order valence-corrected chi connectivity index (χ1v) is 6.68. The van der Waals surface area contributed by atoms with Crippen LogP contribution in [0.5, 0.6) is 5.75 Å². The van der Waals surface area contributed by atoms with Crippen LogP contribution in [0.4, 0.5) is 0 Å². The minimum atomic E-state index is -0.502. The van der Waals surface area contributed by atoms with Crippen molar-refractivity contribution in [2.45, 2.75) is 12.1 Å². The molecular weight excluding hydrogens is 262 g/mol. The number of rotatable bonds is 2. The second-order valence-electron chi connectivity index (χ2n) is 3.88. The van der Waals surface area contributed by atoms with Crippen LogP contribution < -0.4 is 5.56 Å². The zero-order chi connectivity index (χ0) is 14.0. The van der Waals surface area contributed by atoms with E-state index in [1.807, 2.05) is 6.07 Å². The van der Waals surface area contributed by atoms with Gasteiger partial charge >= 0.3 is 0 Å². The van der Waals surface area contributed by atoms with Gasteiger partial charge in [-0.05, 0) is 24.8 Å². The van der Waals surface area contributed by atoms with Crippen molar-refractivity contribution in [3.8, 4) is 23.1 Å². The first-order chi connectivity index (χ1) is 9.08. The van der Waals surface area contributed by atoms with Gasteiger partial charge in [0.1, 0.15) is 23.1 Å². The monoisotopic (exact) mass is 273 g/mol. The Morgan fingerprint density at radius 1 is 1.47 bits per heavy atom. The molecule has 0 amide bonds. The number of aromatic amines is 1. The number of phenolic OH excluding ortho intramolecular Hbond substituents is 1. The Labute approximate surface area is 113 Å². The van der Waals surface area contributed by atoms with Crippen molar-refractivity contribution < 1.29 is 5.11 Å². The number of para-hydroxylation sites is 1. The molecule has 2 rings (SSSR count). The highest BCUT2D eigenvalue weighted by Gasteiger charge is 2.16. The average molecular weight is 273 g/mol.